The number of ketones is 1. The van der Waals surface area contributed by atoms with E-state index in [1.165, 1.54) is 23.7 Å². The first-order chi connectivity index (χ1) is 24.6. The van der Waals surface area contributed by atoms with Gasteiger partial charge in [-0.3, -0.25) is 9.59 Å². The fourth-order valence-corrected chi connectivity index (χ4v) is 2.70. The van der Waals surface area contributed by atoms with Gasteiger partial charge >= 0.3 is 81.2 Å². The first-order valence-electron chi connectivity index (χ1n) is 16.6. The molecule has 0 aliphatic carbocycles. The van der Waals surface area contributed by atoms with Crippen LogP contribution in [0.1, 0.15) is 75.2 Å². The molecular weight excluding hydrogens is 758 g/mol. The summed E-state index contributed by atoms with van der Waals surface area (Å²) in [7, 11) is 4.00. The van der Waals surface area contributed by atoms with E-state index >= 15 is 0 Å². The van der Waals surface area contributed by atoms with Crippen LogP contribution in [0.5, 0.6) is 0 Å². The minimum atomic E-state index is -0.609. The zero-order valence-corrected chi connectivity index (χ0v) is 38.5. The minimum absolute atomic E-state index is 0. The van der Waals surface area contributed by atoms with Crippen LogP contribution < -0.4 is 56.3 Å². The van der Waals surface area contributed by atoms with Gasteiger partial charge in [-0.25, -0.2) is 28.6 Å². The van der Waals surface area contributed by atoms with Crippen molar-refractivity contribution in [2.24, 2.45) is 11.3 Å². The molecule has 1 N–H and O–H groups in total. The van der Waals surface area contributed by atoms with E-state index in [-0.39, 0.29) is 115 Å². The number of carbonyl (C=O) groups is 6. The summed E-state index contributed by atoms with van der Waals surface area (Å²) in [5, 5.41) is 8.19. The third-order valence-corrected chi connectivity index (χ3v) is 6.79. The molecule has 18 heteroatoms. The third-order valence-electron chi connectivity index (χ3n) is 6.79. The largest absolute Gasteiger partial charge is 1.00 e. The first kappa shape index (κ1) is 61.2. The van der Waals surface area contributed by atoms with Gasteiger partial charge in [-0.15, -0.1) is 0 Å². The fourth-order valence-electron chi connectivity index (χ4n) is 2.70. The van der Waals surface area contributed by atoms with E-state index < -0.39 is 41.5 Å². The number of carbonyl (C=O) groups excluding carboxylic acids is 6. The SMILES string of the molecule is C=C(C)C(=O)OCCO.C=C(C)C(=O)OCCOC(=O)C(C)OC.C=C1OC(C)C(=O)CC1C.CCC(C)(C)C(=O)OCCOC(=O)C(C)OC.[K+].[O-]P. The number of hydrogen-bond acceptors (Lipinski definition) is 16. The number of ether oxygens (including phenoxy) is 8. The van der Waals surface area contributed by atoms with Crippen LogP contribution in [0.4, 0.5) is 0 Å². The smallest absolute Gasteiger partial charge is 0.834 e. The Kier molecular flexibility index (Phi) is 41.4. The summed E-state index contributed by atoms with van der Waals surface area (Å²) in [5.41, 5.74) is 0.166. The van der Waals surface area contributed by atoms with Crippen LogP contribution in [0.2, 0.25) is 0 Å². The molecule has 1 heterocycles. The van der Waals surface area contributed by atoms with E-state index in [9.17, 15) is 28.8 Å². The number of allylic oxidation sites excluding steroid dienone is 1. The Hall–Kier alpha value is -2.05. The molecule has 0 saturated carbocycles. The van der Waals surface area contributed by atoms with E-state index in [2.05, 4.69) is 24.5 Å². The summed E-state index contributed by atoms with van der Waals surface area (Å²) in [6.45, 7) is 26.1. The molecule has 5 atom stereocenters. The van der Waals surface area contributed by atoms with Gasteiger partial charge in [-0.2, -0.15) is 0 Å². The maximum absolute atomic E-state index is 11.5. The summed E-state index contributed by atoms with van der Waals surface area (Å²) in [6, 6.07) is 0. The van der Waals surface area contributed by atoms with E-state index in [0.29, 0.717) is 24.0 Å². The van der Waals surface area contributed by atoms with Crippen molar-refractivity contribution < 1.29 is 128 Å². The summed E-state index contributed by atoms with van der Waals surface area (Å²) in [5.74, 6) is -1.05. The zero-order chi connectivity index (χ0) is 42.3. The van der Waals surface area contributed by atoms with Gasteiger partial charge in [-0.05, 0) is 54.9 Å². The zero-order valence-electron chi connectivity index (χ0n) is 34.2. The predicted octanol–water partition coefficient (Wildman–Crippen LogP) is -0.0194. The molecule has 16 nitrogen and oxygen atoms in total. The van der Waals surface area contributed by atoms with Gasteiger partial charge in [0.1, 0.15) is 33.0 Å². The van der Waals surface area contributed by atoms with Crippen molar-refractivity contribution in [1.29, 1.82) is 0 Å². The quantitative estimate of drug-likeness (QED) is 0.0540. The molecule has 1 rings (SSSR count). The number of rotatable bonds is 16. The minimum Gasteiger partial charge on any atom is -0.834 e. The Morgan fingerprint density at radius 3 is 1.54 bits per heavy atom. The van der Waals surface area contributed by atoms with Crippen LogP contribution in [-0.4, -0.2) is 113 Å². The second-order valence-corrected chi connectivity index (χ2v) is 11.8. The normalized spacial score (nSPS) is 15.1. The summed E-state index contributed by atoms with van der Waals surface area (Å²) in [4.78, 5) is 74.3. The van der Waals surface area contributed by atoms with Crippen molar-refractivity contribution in [3.05, 3.63) is 36.6 Å². The molecule has 1 saturated heterocycles. The molecular formula is C36H62KO16P. The molecule has 308 valence electrons. The molecule has 1 aliphatic heterocycles. The molecule has 0 aromatic heterocycles. The number of methoxy groups -OCH3 is 2. The summed E-state index contributed by atoms with van der Waals surface area (Å²) < 4.78 is 38.5. The van der Waals surface area contributed by atoms with Gasteiger partial charge in [0.25, 0.3) is 0 Å². The molecule has 1 fully saturated rings. The van der Waals surface area contributed by atoms with Gasteiger partial charge in [-0.1, -0.05) is 33.6 Å². The molecule has 1 aliphatic rings. The maximum Gasteiger partial charge on any atom is 1.00 e. The average Bonchev–Trinajstić information content (AvgIpc) is 3.13. The van der Waals surface area contributed by atoms with Crippen molar-refractivity contribution in [2.45, 2.75) is 93.5 Å². The van der Waals surface area contributed by atoms with E-state index in [4.69, 9.17) is 43.2 Å². The van der Waals surface area contributed by atoms with Gasteiger partial charge in [0.15, 0.2) is 24.1 Å². The Bertz CT molecular complexity index is 1140. The van der Waals surface area contributed by atoms with Crippen molar-refractivity contribution in [1.82, 2.24) is 0 Å². The van der Waals surface area contributed by atoms with Crippen molar-refractivity contribution in [3.63, 3.8) is 0 Å². The topological polar surface area (TPSA) is 220 Å². The fraction of sp³-hybridized carbons (Fsp3) is 0.667. The molecule has 0 bridgehead atoms. The van der Waals surface area contributed by atoms with E-state index in [1.807, 2.05) is 27.7 Å². The van der Waals surface area contributed by atoms with Crippen LogP contribution in [0.3, 0.4) is 0 Å². The van der Waals surface area contributed by atoms with Crippen molar-refractivity contribution in [3.8, 4) is 0 Å². The maximum atomic E-state index is 11.5. The Balaban J connectivity index is -0.000000199. The van der Waals surface area contributed by atoms with Crippen LogP contribution in [-0.2, 0) is 66.7 Å². The molecule has 5 unspecified atom stereocenters. The van der Waals surface area contributed by atoms with Gasteiger partial charge in [0.05, 0.1) is 17.8 Å². The third kappa shape index (κ3) is 32.2. The Labute approximate surface area is 365 Å². The average molecular weight is 821 g/mol. The molecule has 0 amide bonds. The van der Waals surface area contributed by atoms with Crippen LogP contribution in [0.15, 0.2) is 36.6 Å². The standard InChI is InChI=1S/C12H22O5.C10H16O5.C8H12O2.C6H10O3.K.H2OP/c1-6-12(3,4)11(14)17-8-7-16-10(13)9(2)15-5;1-7(2)9(11)14-5-6-15-10(12)8(3)13-4;1-5-4-8(9)7(3)10-6(5)2;1-5(2)6(8)9-4-3-7;;1-2/h9H,6-8H2,1-5H3;8H,1,5-6H2,2-4H3;5,7H,2,4H2,1,3H3;7H,1,3-4H2,2H3;;2H2/q;;;;+1;-1. The molecule has 0 spiro atoms. The molecule has 0 aromatic rings. The van der Waals surface area contributed by atoms with Crippen molar-refractivity contribution in [2.75, 3.05) is 53.9 Å². The Morgan fingerprint density at radius 1 is 0.833 bits per heavy atom. The second kappa shape index (κ2) is 36.6. The first-order valence-corrected chi connectivity index (χ1v) is 17.0. The molecule has 0 radical (unpaired) electrons. The predicted molar refractivity (Wildman–Crippen MR) is 197 cm³/mol. The van der Waals surface area contributed by atoms with Gasteiger partial charge < -0.3 is 47.9 Å². The summed E-state index contributed by atoms with van der Waals surface area (Å²) >= 11 is 0. The van der Waals surface area contributed by atoms with E-state index in [0.717, 1.165) is 5.76 Å². The monoisotopic (exact) mass is 820 g/mol. The van der Waals surface area contributed by atoms with Crippen LogP contribution in [0, 0.1) is 11.3 Å². The van der Waals surface area contributed by atoms with Crippen LogP contribution >= 0.6 is 9.47 Å². The van der Waals surface area contributed by atoms with Gasteiger partial charge in [0, 0.05) is 37.7 Å². The molecule has 0 aromatic carbocycles. The number of Topliss-reactive ketones (excluding diaryl/α,β-unsaturated/α-hetero) is 1. The van der Waals surface area contributed by atoms with Gasteiger partial charge in [0.2, 0.25) is 0 Å². The van der Waals surface area contributed by atoms with Crippen molar-refractivity contribution >= 4 is 45.1 Å². The van der Waals surface area contributed by atoms with Crippen LogP contribution in [0.25, 0.3) is 0 Å². The Morgan fingerprint density at radius 2 is 1.20 bits per heavy atom. The summed E-state index contributed by atoms with van der Waals surface area (Å²) in [6.07, 6.45) is -0.199. The second-order valence-electron chi connectivity index (χ2n) is 11.8. The molecule has 54 heavy (non-hydrogen) atoms. The number of hydrogen-bond donors (Lipinski definition) is 1. The number of aliphatic hydroxyl groups is 1. The number of aliphatic hydroxyl groups excluding tert-OH is 1. The number of esters is 5. The van der Waals surface area contributed by atoms with E-state index in [1.54, 1.807) is 34.6 Å².